The third-order valence-corrected chi connectivity index (χ3v) is 1.33. The minimum Gasteiger partial charge on any atom is -0.303 e. The summed E-state index contributed by atoms with van der Waals surface area (Å²) >= 11 is 0. The van der Waals surface area contributed by atoms with E-state index in [1.807, 2.05) is 6.92 Å². The third-order valence-electron chi connectivity index (χ3n) is 1.33. The second-order valence-corrected chi connectivity index (χ2v) is 2.53. The first-order valence-electron chi connectivity index (χ1n) is 4.26. The Morgan fingerprint density at radius 3 is 2.83 bits per heavy atom. The van der Waals surface area contributed by atoms with E-state index in [1.54, 1.807) is 0 Å². The number of ketones is 1. The van der Waals surface area contributed by atoms with Gasteiger partial charge < -0.3 is 4.79 Å². The van der Waals surface area contributed by atoms with Gasteiger partial charge in [0.25, 0.3) is 0 Å². The Morgan fingerprint density at radius 1 is 1.50 bits per heavy atom. The fourth-order valence-corrected chi connectivity index (χ4v) is 0.724. The number of Topliss-reactive ketones (excluding diaryl/α,β-unsaturated/α-hetero) is 1. The molecule has 0 spiro atoms. The minimum atomic E-state index is 0.00334. The van der Waals surface area contributed by atoms with Gasteiger partial charge in [-0.1, -0.05) is 12.8 Å². The number of carbonyl (C=O) groups excluding carboxylic acids is 2. The van der Waals surface area contributed by atoms with Crippen LogP contribution in [0.3, 0.4) is 0 Å². The van der Waals surface area contributed by atoms with Crippen molar-refractivity contribution in [1.29, 1.82) is 0 Å². The lowest BCUT2D eigenvalue weighted by Crippen LogP contribution is -1.90. The average molecular weight is 166 g/mol. The second-order valence-electron chi connectivity index (χ2n) is 2.53. The van der Waals surface area contributed by atoms with Crippen molar-refractivity contribution in [1.82, 2.24) is 0 Å². The molecule has 0 aromatic carbocycles. The number of aldehydes is 1. The molecule has 0 unspecified atom stereocenters. The van der Waals surface area contributed by atoms with E-state index in [2.05, 4.69) is 11.8 Å². The van der Waals surface area contributed by atoms with Crippen molar-refractivity contribution < 1.29 is 9.59 Å². The Balaban J connectivity index is 3.44. The summed E-state index contributed by atoms with van der Waals surface area (Å²) in [6, 6.07) is 0. The molecular formula is C10H14O2. The Morgan fingerprint density at radius 2 is 2.25 bits per heavy atom. The summed E-state index contributed by atoms with van der Waals surface area (Å²) in [5.41, 5.74) is 0. The molecule has 0 N–H and O–H groups in total. The van der Waals surface area contributed by atoms with Crippen LogP contribution in [0.25, 0.3) is 0 Å². The fourth-order valence-electron chi connectivity index (χ4n) is 0.724. The van der Waals surface area contributed by atoms with Crippen LogP contribution in [0.2, 0.25) is 0 Å². The van der Waals surface area contributed by atoms with Crippen molar-refractivity contribution in [2.45, 2.75) is 39.0 Å². The Kier molecular flexibility index (Phi) is 7.27. The zero-order valence-corrected chi connectivity index (χ0v) is 7.43. The maximum absolute atomic E-state index is 10.8. The van der Waals surface area contributed by atoms with Gasteiger partial charge in [-0.15, -0.1) is 0 Å². The highest BCUT2D eigenvalue weighted by molar-refractivity contribution is 5.95. The highest BCUT2D eigenvalue weighted by Gasteiger charge is 1.91. The number of carbonyl (C=O) groups is 2. The summed E-state index contributed by atoms with van der Waals surface area (Å²) in [4.78, 5) is 20.7. The molecule has 2 heteroatoms. The normalized spacial score (nSPS) is 8.42. The van der Waals surface area contributed by atoms with Crippen molar-refractivity contribution in [2.24, 2.45) is 0 Å². The van der Waals surface area contributed by atoms with Gasteiger partial charge in [-0.3, -0.25) is 4.79 Å². The number of hydrogen-bond donors (Lipinski definition) is 0. The molecule has 0 aromatic rings. The quantitative estimate of drug-likeness (QED) is 0.270. The molecule has 12 heavy (non-hydrogen) atoms. The molecule has 2 nitrogen and oxygen atoms in total. The molecule has 0 radical (unpaired) electrons. The molecule has 0 fully saturated rings. The maximum atomic E-state index is 10.8. The van der Waals surface area contributed by atoms with E-state index in [0.29, 0.717) is 19.3 Å². The molecule has 66 valence electrons. The second kappa shape index (κ2) is 8.00. The summed E-state index contributed by atoms with van der Waals surface area (Å²) in [6.07, 6.45) is 4.21. The van der Waals surface area contributed by atoms with Crippen molar-refractivity contribution in [3.8, 4) is 11.8 Å². The van der Waals surface area contributed by atoms with E-state index >= 15 is 0 Å². The van der Waals surface area contributed by atoms with Crippen molar-refractivity contribution in [3.63, 3.8) is 0 Å². The van der Waals surface area contributed by atoms with Crippen LogP contribution in [0, 0.1) is 11.8 Å². The Hall–Kier alpha value is -1.10. The van der Waals surface area contributed by atoms with Gasteiger partial charge in [-0.25, -0.2) is 0 Å². The highest BCUT2D eigenvalue weighted by atomic mass is 16.1. The minimum absolute atomic E-state index is 0.00334. The topological polar surface area (TPSA) is 34.1 Å². The van der Waals surface area contributed by atoms with E-state index in [-0.39, 0.29) is 5.78 Å². The summed E-state index contributed by atoms with van der Waals surface area (Å²) in [5, 5.41) is 0. The van der Waals surface area contributed by atoms with Crippen LogP contribution in [0.1, 0.15) is 39.0 Å². The van der Waals surface area contributed by atoms with Crippen LogP contribution in [-0.2, 0) is 9.59 Å². The van der Waals surface area contributed by atoms with Crippen LogP contribution < -0.4 is 0 Å². The summed E-state index contributed by atoms with van der Waals surface area (Å²) < 4.78 is 0. The number of hydrogen-bond acceptors (Lipinski definition) is 2. The first-order valence-corrected chi connectivity index (χ1v) is 4.26. The zero-order chi connectivity index (χ0) is 9.23. The smallest absolute Gasteiger partial charge is 0.205 e. The fraction of sp³-hybridized carbons (Fsp3) is 0.600. The third kappa shape index (κ3) is 7.01. The van der Waals surface area contributed by atoms with E-state index in [0.717, 1.165) is 19.1 Å². The van der Waals surface area contributed by atoms with Crippen LogP contribution in [-0.4, -0.2) is 12.1 Å². The molecule has 0 atom stereocenters. The number of unbranched alkanes of at least 4 members (excludes halogenated alkanes) is 2. The zero-order valence-electron chi connectivity index (χ0n) is 7.43. The molecule has 0 aliphatic heterocycles. The van der Waals surface area contributed by atoms with E-state index in [9.17, 15) is 9.59 Å². The molecule has 0 aliphatic carbocycles. The van der Waals surface area contributed by atoms with Crippen molar-refractivity contribution in [3.05, 3.63) is 0 Å². The van der Waals surface area contributed by atoms with Crippen LogP contribution >= 0.6 is 0 Å². The molecule has 0 aromatic heterocycles. The first-order chi connectivity index (χ1) is 5.81. The largest absolute Gasteiger partial charge is 0.303 e. The molecule has 0 heterocycles. The summed E-state index contributed by atoms with van der Waals surface area (Å²) in [7, 11) is 0. The van der Waals surface area contributed by atoms with Gasteiger partial charge in [0.15, 0.2) is 0 Å². The van der Waals surface area contributed by atoms with Gasteiger partial charge in [0.1, 0.15) is 6.29 Å². The summed E-state index contributed by atoms with van der Waals surface area (Å²) in [5.74, 6) is 5.29. The van der Waals surface area contributed by atoms with E-state index in [1.165, 1.54) is 0 Å². The molecular weight excluding hydrogens is 152 g/mol. The van der Waals surface area contributed by atoms with Gasteiger partial charge in [-0.2, -0.15) is 0 Å². The van der Waals surface area contributed by atoms with E-state index in [4.69, 9.17) is 0 Å². The molecule has 0 aliphatic rings. The molecule has 0 saturated heterocycles. The van der Waals surface area contributed by atoms with Gasteiger partial charge in [0.05, 0.1) is 0 Å². The number of rotatable bonds is 5. The maximum Gasteiger partial charge on any atom is 0.205 e. The standard InChI is InChI=1S/C10H14O2/c1-2-7-10(12)8-5-3-4-6-9-11/h9H,2-4,6-7H2,1H3. The van der Waals surface area contributed by atoms with Crippen molar-refractivity contribution in [2.75, 3.05) is 0 Å². The van der Waals surface area contributed by atoms with Crippen molar-refractivity contribution >= 4 is 12.1 Å². The van der Waals surface area contributed by atoms with Crippen LogP contribution in [0.5, 0.6) is 0 Å². The first kappa shape index (κ1) is 10.9. The van der Waals surface area contributed by atoms with Gasteiger partial charge in [-0.05, 0) is 18.8 Å². The molecule has 0 saturated carbocycles. The summed E-state index contributed by atoms with van der Waals surface area (Å²) in [6.45, 7) is 1.95. The Bertz CT molecular complexity index is 196. The van der Waals surface area contributed by atoms with Gasteiger partial charge in [0.2, 0.25) is 5.78 Å². The predicted molar refractivity (Wildman–Crippen MR) is 47.6 cm³/mol. The van der Waals surface area contributed by atoms with E-state index < -0.39 is 0 Å². The lowest BCUT2D eigenvalue weighted by atomic mass is 10.2. The lowest BCUT2D eigenvalue weighted by Gasteiger charge is -1.85. The molecule has 0 rings (SSSR count). The lowest BCUT2D eigenvalue weighted by molar-refractivity contribution is -0.113. The average Bonchev–Trinajstić information content (AvgIpc) is 2.05. The highest BCUT2D eigenvalue weighted by Crippen LogP contribution is 1.91. The SMILES string of the molecule is CCCC(=O)C#CCCCC=O. The molecule has 0 amide bonds. The van der Waals surface area contributed by atoms with Gasteiger partial charge in [0, 0.05) is 19.3 Å². The van der Waals surface area contributed by atoms with Crippen LogP contribution in [0.4, 0.5) is 0 Å². The van der Waals surface area contributed by atoms with Crippen LogP contribution in [0.15, 0.2) is 0 Å². The Labute approximate surface area is 73.3 Å². The van der Waals surface area contributed by atoms with Gasteiger partial charge >= 0.3 is 0 Å². The molecule has 0 bridgehead atoms. The monoisotopic (exact) mass is 166 g/mol. The predicted octanol–water partition coefficient (Wildman–Crippen LogP) is 1.73.